The Morgan fingerprint density at radius 3 is 2.07 bits per heavy atom. The van der Waals surface area contributed by atoms with Crippen molar-refractivity contribution in [3.8, 4) is 0 Å². The van der Waals surface area contributed by atoms with Crippen LogP contribution in [0.1, 0.15) is 54.4 Å². The molecule has 2 heteroatoms. The summed E-state index contributed by atoms with van der Waals surface area (Å²) >= 11 is 0. The molecule has 0 aromatic heterocycles. The van der Waals surface area contributed by atoms with E-state index in [1.165, 1.54) is 0 Å². The second-order valence-corrected chi connectivity index (χ2v) is 6.60. The largest absolute Gasteiger partial charge is 0.466 e. The first-order valence-electron chi connectivity index (χ1n) is 5.82. The van der Waals surface area contributed by atoms with Crippen molar-refractivity contribution in [1.29, 1.82) is 0 Å². The molecular weight excluding hydrogens is 188 g/mol. The zero-order valence-corrected chi connectivity index (χ0v) is 10.9. The molecule has 0 aromatic rings. The molecule has 1 aliphatic rings. The Kier molecular flexibility index (Phi) is 2.92. The van der Waals surface area contributed by atoms with Crippen LogP contribution in [0.25, 0.3) is 0 Å². The summed E-state index contributed by atoms with van der Waals surface area (Å²) in [7, 11) is 0. The van der Waals surface area contributed by atoms with Crippen LogP contribution in [0.2, 0.25) is 0 Å². The molecule has 88 valence electrons. The first-order chi connectivity index (χ1) is 6.65. The molecule has 0 spiro atoms. The van der Waals surface area contributed by atoms with Crippen molar-refractivity contribution >= 4 is 5.97 Å². The maximum atomic E-state index is 12.0. The highest BCUT2D eigenvalue weighted by Gasteiger charge is 2.67. The number of esters is 1. The molecular formula is C13H24O2. The topological polar surface area (TPSA) is 26.3 Å². The summed E-state index contributed by atoms with van der Waals surface area (Å²) in [5, 5.41) is 0. The van der Waals surface area contributed by atoms with Gasteiger partial charge in [0.2, 0.25) is 0 Å². The SMILES string of the molecule is CCOC(=O)C1(CC(C)(C)C)CC1(C)C. The van der Waals surface area contributed by atoms with Crippen LogP contribution in [0.15, 0.2) is 0 Å². The average Bonchev–Trinajstić information content (AvgIpc) is 2.51. The Morgan fingerprint density at radius 1 is 1.33 bits per heavy atom. The van der Waals surface area contributed by atoms with E-state index in [-0.39, 0.29) is 22.2 Å². The number of carbonyl (C=O) groups is 1. The van der Waals surface area contributed by atoms with Crippen molar-refractivity contribution in [2.45, 2.75) is 54.4 Å². The average molecular weight is 212 g/mol. The van der Waals surface area contributed by atoms with Gasteiger partial charge in [-0.15, -0.1) is 0 Å². The molecule has 0 saturated heterocycles. The molecule has 0 N–H and O–H groups in total. The number of hydrogen-bond donors (Lipinski definition) is 0. The summed E-state index contributed by atoms with van der Waals surface area (Å²) in [6.45, 7) is 13.2. The quantitative estimate of drug-likeness (QED) is 0.670. The van der Waals surface area contributed by atoms with Crippen molar-refractivity contribution in [2.75, 3.05) is 6.61 Å². The Balaban J connectivity index is 2.80. The summed E-state index contributed by atoms with van der Waals surface area (Å²) in [4.78, 5) is 12.0. The van der Waals surface area contributed by atoms with Gasteiger partial charge in [0.05, 0.1) is 12.0 Å². The summed E-state index contributed by atoms with van der Waals surface area (Å²) in [6.07, 6.45) is 1.89. The Morgan fingerprint density at radius 2 is 1.80 bits per heavy atom. The minimum Gasteiger partial charge on any atom is -0.466 e. The number of ether oxygens (including phenoxy) is 1. The molecule has 1 saturated carbocycles. The second kappa shape index (κ2) is 3.50. The van der Waals surface area contributed by atoms with Gasteiger partial charge in [-0.1, -0.05) is 34.6 Å². The first kappa shape index (κ1) is 12.5. The fourth-order valence-corrected chi connectivity index (χ4v) is 2.61. The van der Waals surface area contributed by atoms with Crippen LogP contribution < -0.4 is 0 Å². The van der Waals surface area contributed by atoms with Gasteiger partial charge in [-0.3, -0.25) is 4.79 Å². The van der Waals surface area contributed by atoms with Gasteiger partial charge in [0.15, 0.2) is 0 Å². The molecule has 0 bridgehead atoms. The molecule has 1 atom stereocenters. The fourth-order valence-electron chi connectivity index (χ4n) is 2.61. The third-order valence-electron chi connectivity index (χ3n) is 3.41. The van der Waals surface area contributed by atoms with Gasteiger partial charge in [-0.2, -0.15) is 0 Å². The van der Waals surface area contributed by atoms with E-state index < -0.39 is 0 Å². The van der Waals surface area contributed by atoms with Crippen LogP contribution in [0.3, 0.4) is 0 Å². The second-order valence-electron chi connectivity index (χ2n) is 6.60. The smallest absolute Gasteiger partial charge is 0.312 e. The highest BCUT2D eigenvalue weighted by molar-refractivity contribution is 5.81. The van der Waals surface area contributed by atoms with E-state index in [9.17, 15) is 4.79 Å². The van der Waals surface area contributed by atoms with Gasteiger partial charge in [0, 0.05) is 0 Å². The van der Waals surface area contributed by atoms with Crippen molar-refractivity contribution in [2.24, 2.45) is 16.2 Å². The third-order valence-corrected chi connectivity index (χ3v) is 3.41. The molecule has 1 rings (SSSR count). The van der Waals surface area contributed by atoms with Crippen molar-refractivity contribution in [3.05, 3.63) is 0 Å². The molecule has 1 fully saturated rings. The molecule has 1 aliphatic carbocycles. The monoisotopic (exact) mass is 212 g/mol. The van der Waals surface area contributed by atoms with Crippen LogP contribution >= 0.6 is 0 Å². The van der Waals surface area contributed by atoms with Gasteiger partial charge < -0.3 is 4.74 Å². The van der Waals surface area contributed by atoms with E-state index in [1.807, 2.05) is 6.92 Å². The number of carbonyl (C=O) groups excluding carboxylic acids is 1. The highest BCUT2D eigenvalue weighted by atomic mass is 16.5. The Bertz CT molecular complexity index is 260. The molecule has 0 heterocycles. The van der Waals surface area contributed by atoms with E-state index in [2.05, 4.69) is 34.6 Å². The summed E-state index contributed by atoms with van der Waals surface area (Å²) in [5.74, 6) is 0.00456. The zero-order chi connectivity index (χ0) is 11.9. The fraction of sp³-hybridized carbons (Fsp3) is 0.923. The summed E-state index contributed by atoms with van der Waals surface area (Å²) in [5.41, 5.74) is 0.0777. The first-order valence-corrected chi connectivity index (χ1v) is 5.82. The molecule has 2 nitrogen and oxygen atoms in total. The van der Waals surface area contributed by atoms with Gasteiger partial charge >= 0.3 is 5.97 Å². The minimum absolute atomic E-state index is 0.00456. The molecule has 0 aliphatic heterocycles. The van der Waals surface area contributed by atoms with Gasteiger partial charge in [0.1, 0.15) is 0 Å². The Hall–Kier alpha value is -0.530. The summed E-state index contributed by atoms with van der Waals surface area (Å²) < 4.78 is 5.21. The number of hydrogen-bond acceptors (Lipinski definition) is 2. The van der Waals surface area contributed by atoms with Gasteiger partial charge in [-0.05, 0) is 30.6 Å². The lowest BCUT2D eigenvalue weighted by Crippen LogP contribution is -2.28. The van der Waals surface area contributed by atoms with Crippen LogP contribution in [0.4, 0.5) is 0 Å². The third kappa shape index (κ3) is 2.35. The molecule has 15 heavy (non-hydrogen) atoms. The maximum absolute atomic E-state index is 12.0. The van der Waals surface area contributed by atoms with E-state index in [1.54, 1.807) is 0 Å². The van der Waals surface area contributed by atoms with E-state index in [4.69, 9.17) is 4.74 Å². The molecule has 0 aromatic carbocycles. The molecule has 1 unspecified atom stereocenters. The lowest BCUT2D eigenvalue weighted by atomic mass is 9.79. The summed E-state index contributed by atoms with van der Waals surface area (Å²) in [6, 6.07) is 0. The number of rotatable bonds is 3. The van der Waals surface area contributed by atoms with Crippen molar-refractivity contribution < 1.29 is 9.53 Å². The Labute approximate surface area is 93.4 Å². The highest BCUT2D eigenvalue weighted by Crippen LogP contribution is 2.68. The standard InChI is InChI=1S/C13H24O2/c1-7-15-10(14)13(8-11(2,3)4)9-12(13,5)6/h7-9H2,1-6H3. The van der Waals surface area contributed by atoms with Gasteiger partial charge in [-0.25, -0.2) is 0 Å². The molecule has 0 amide bonds. The van der Waals surface area contributed by atoms with Crippen LogP contribution in [0.5, 0.6) is 0 Å². The van der Waals surface area contributed by atoms with Crippen molar-refractivity contribution in [1.82, 2.24) is 0 Å². The van der Waals surface area contributed by atoms with E-state index >= 15 is 0 Å². The van der Waals surface area contributed by atoms with E-state index in [0.29, 0.717) is 6.61 Å². The van der Waals surface area contributed by atoms with Crippen molar-refractivity contribution in [3.63, 3.8) is 0 Å². The zero-order valence-electron chi connectivity index (χ0n) is 10.9. The lowest BCUT2D eigenvalue weighted by molar-refractivity contribution is -0.152. The van der Waals surface area contributed by atoms with Gasteiger partial charge in [0.25, 0.3) is 0 Å². The lowest BCUT2D eigenvalue weighted by Gasteiger charge is -2.27. The normalized spacial score (nSPS) is 28.7. The van der Waals surface area contributed by atoms with E-state index in [0.717, 1.165) is 12.8 Å². The van der Waals surface area contributed by atoms with Crippen LogP contribution in [0, 0.1) is 16.2 Å². The predicted molar refractivity (Wildman–Crippen MR) is 61.5 cm³/mol. The molecule has 0 radical (unpaired) electrons. The minimum atomic E-state index is -0.221. The predicted octanol–water partition coefficient (Wildman–Crippen LogP) is 3.40. The van der Waals surface area contributed by atoms with Crippen LogP contribution in [-0.2, 0) is 9.53 Å². The maximum Gasteiger partial charge on any atom is 0.312 e. The van der Waals surface area contributed by atoms with Crippen LogP contribution in [-0.4, -0.2) is 12.6 Å².